The number of alkyl halides is 2. The average molecular weight is 418 g/mol. The molecule has 3 heterocycles. The second-order valence-corrected chi connectivity index (χ2v) is 7.97. The zero-order valence-electron chi connectivity index (χ0n) is 15.5. The first-order valence-electron chi connectivity index (χ1n) is 9.23. The lowest BCUT2D eigenvalue weighted by Crippen LogP contribution is -2.43. The Kier molecular flexibility index (Phi) is 5.23. The average Bonchev–Trinajstić information content (AvgIpc) is 3.37. The van der Waals surface area contributed by atoms with Crippen molar-refractivity contribution in [3.63, 3.8) is 0 Å². The summed E-state index contributed by atoms with van der Waals surface area (Å²) in [6, 6.07) is 9.96. The van der Waals surface area contributed by atoms with Crippen LogP contribution in [0.4, 0.5) is 14.5 Å². The van der Waals surface area contributed by atoms with Gasteiger partial charge < -0.3 is 15.3 Å². The number of nitrogens with zero attached hydrogens (tertiary/aromatic N) is 2. The van der Waals surface area contributed by atoms with Gasteiger partial charge in [-0.25, -0.2) is 8.78 Å². The van der Waals surface area contributed by atoms with Gasteiger partial charge in [0.2, 0.25) is 0 Å². The summed E-state index contributed by atoms with van der Waals surface area (Å²) in [5, 5.41) is 21.7. The standard InChI is InChI=1S/C20H20F2N4O2S/c21-20(22)6-2-7-26(12-20)17-5-4-14(27)10-15(17)19(28)23-11-13-9-16(25-24-13)18-3-1-8-29-18/h1,3-5,8-10,27H,2,6-7,11-12H2,(H,23,28)(H,24,25). The van der Waals surface area contributed by atoms with Crippen molar-refractivity contribution in [2.24, 2.45) is 0 Å². The van der Waals surface area contributed by atoms with E-state index in [2.05, 4.69) is 15.5 Å². The van der Waals surface area contributed by atoms with E-state index < -0.39 is 18.4 Å². The summed E-state index contributed by atoms with van der Waals surface area (Å²) >= 11 is 1.57. The van der Waals surface area contributed by atoms with Gasteiger partial charge in [-0.15, -0.1) is 11.3 Å². The lowest BCUT2D eigenvalue weighted by molar-refractivity contribution is -0.0117. The molecule has 3 aromatic rings. The fraction of sp³-hybridized carbons (Fsp3) is 0.300. The molecular weight excluding hydrogens is 398 g/mol. The molecule has 0 radical (unpaired) electrons. The Hall–Kier alpha value is -2.94. The van der Waals surface area contributed by atoms with Crippen molar-refractivity contribution in [2.45, 2.75) is 25.3 Å². The van der Waals surface area contributed by atoms with Gasteiger partial charge in [0.1, 0.15) is 11.4 Å². The van der Waals surface area contributed by atoms with Gasteiger partial charge in [0.05, 0.1) is 29.2 Å². The predicted molar refractivity (Wildman–Crippen MR) is 108 cm³/mol. The molecule has 3 N–H and O–H groups in total. The first-order chi connectivity index (χ1) is 13.9. The van der Waals surface area contributed by atoms with Crippen LogP contribution in [0.5, 0.6) is 5.75 Å². The highest BCUT2D eigenvalue weighted by Gasteiger charge is 2.36. The monoisotopic (exact) mass is 418 g/mol. The molecule has 2 aromatic heterocycles. The summed E-state index contributed by atoms with van der Waals surface area (Å²) in [5.41, 5.74) is 2.06. The Morgan fingerprint density at radius 2 is 2.21 bits per heavy atom. The summed E-state index contributed by atoms with van der Waals surface area (Å²) < 4.78 is 27.7. The summed E-state index contributed by atoms with van der Waals surface area (Å²) in [4.78, 5) is 15.3. The van der Waals surface area contributed by atoms with E-state index in [9.17, 15) is 18.7 Å². The molecule has 1 fully saturated rings. The van der Waals surface area contributed by atoms with Gasteiger partial charge in [0.15, 0.2) is 0 Å². The number of halogens is 2. The first-order valence-corrected chi connectivity index (χ1v) is 10.1. The van der Waals surface area contributed by atoms with Crippen LogP contribution in [0.2, 0.25) is 0 Å². The zero-order chi connectivity index (χ0) is 20.4. The number of rotatable bonds is 5. The minimum absolute atomic E-state index is 0.0933. The molecule has 29 heavy (non-hydrogen) atoms. The second kappa shape index (κ2) is 7.82. The third-order valence-corrected chi connectivity index (χ3v) is 5.69. The van der Waals surface area contributed by atoms with Gasteiger partial charge in [-0.05, 0) is 42.1 Å². The summed E-state index contributed by atoms with van der Waals surface area (Å²) in [6.45, 7) is 0.191. The highest BCUT2D eigenvalue weighted by Crippen LogP contribution is 2.33. The molecule has 0 aliphatic carbocycles. The number of phenols is 1. The number of carbonyl (C=O) groups excluding carboxylic acids is 1. The largest absolute Gasteiger partial charge is 0.508 e. The molecule has 9 heteroatoms. The second-order valence-electron chi connectivity index (χ2n) is 7.02. The number of thiophene rings is 1. The van der Waals surface area contributed by atoms with Gasteiger partial charge in [-0.1, -0.05) is 6.07 Å². The molecule has 4 rings (SSSR count). The molecule has 6 nitrogen and oxygen atoms in total. The number of carbonyl (C=O) groups is 1. The molecule has 0 unspecified atom stereocenters. The number of benzene rings is 1. The molecule has 0 saturated carbocycles. The van der Waals surface area contributed by atoms with Gasteiger partial charge in [0, 0.05) is 18.7 Å². The molecule has 0 spiro atoms. The van der Waals surface area contributed by atoms with Crippen LogP contribution in [0.1, 0.15) is 28.9 Å². The van der Waals surface area contributed by atoms with E-state index in [0.29, 0.717) is 24.3 Å². The number of amides is 1. The third-order valence-electron chi connectivity index (χ3n) is 4.80. The van der Waals surface area contributed by atoms with Gasteiger partial charge in [0.25, 0.3) is 11.8 Å². The lowest BCUT2D eigenvalue weighted by Gasteiger charge is -2.35. The number of H-pyrrole nitrogens is 1. The first kappa shape index (κ1) is 19.4. The summed E-state index contributed by atoms with van der Waals surface area (Å²) in [5.74, 6) is -3.33. The Morgan fingerprint density at radius 3 is 2.97 bits per heavy atom. The minimum Gasteiger partial charge on any atom is -0.508 e. The zero-order valence-corrected chi connectivity index (χ0v) is 16.3. The van der Waals surface area contributed by atoms with Crippen molar-refractivity contribution in [1.29, 1.82) is 0 Å². The van der Waals surface area contributed by atoms with Crippen molar-refractivity contribution in [3.8, 4) is 16.3 Å². The highest BCUT2D eigenvalue weighted by atomic mass is 32.1. The quantitative estimate of drug-likeness (QED) is 0.585. The van der Waals surface area contributed by atoms with Crippen LogP contribution in [0.25, 0.3) is 10.6 Å². The van der Waals surface area contributed by atoms with Gasteiger partial charge in [-0.2, -0.15) is 5.10 Å². The van der Waals surface area contributed by atoms with Crippen molar-refractivity contribution >= 4 is 22.9 Å². The predicted octanol–water partition coefficient (Wildman–Crippen LogP) is 4.01. The number of anilines is 1. The van der Waals surface area contributed by atoms with Crippen molar-refractivity contribution in [1.82, 2.24) is 15.5 Å². The van der Waals surface area contributed by atoms with Crippen molar-refractivity contribution in [2.75, 3.05) is 18.0 Å². The maximum Gasteiger partial charge on any atom is 0.265 e. The number of hydrogen-bond acceptors (Lipinski definition) is 5. The van der Waals surface area contributed by atoms with Crippen molar-refractivity contribution < 1.29 is 18.7 Å². The molecular formula is C20H20F2N4O2S. The van der Waals surface area contributed by atoms with E-state index in [1.807, 2.05) is 23.6 Å². The molecule has 0 bridgehead atoms. The smallest absolute Gasteiger partial charge is 0.265 e. The summed E-state index contributed by atoms with van der Waals surface area (Å²) in [6.07, 6.45) is 0.185. The van der Waals surface area contributed by atoms with Crippen LogP contribution in [0, 0.1) is 0 Å². The van der Waals surface area contributed by atoms with E-state index >= 15 is 0 Å². The van der Waals surface area contributed by atoms with E-state index in [4.69, 9.17) is 0 Å². The number of phenolic OH excluding ortho intramolecular Hbond substituents is 1. The fourth-order valence-electron chi connectivity index (χ4n) is 3.43. The SMILES string of the molecule is O=C(NCc1cc(-c2cccs2)n[nH]1)c1cc(O)ccc1N1CCCC(F)(F)C1. The fourth-order valence-corrected chi connectivity index (χ4v) is 4.11. The van der Waals surface area contributed by atoms with E-state index in [1.54, 1.807) is 11.3 Å². The van der Waals surface area contributed by atoms with Crippen LogP contribution in [0.15, 0.2) is 41.8 Å². The van der Waals surface area contributed by atoms with Gasteiger partial charge >= 0.3 is 0 Å². The Bertz CT molecular complexity index is 1000. The van der Waals surface area contributed by atoms with Crippen LogP contribution in [0.3, 0.4) is 0 Å². The normalized spacial score (nSPS) is 16.0. The highest BCUT2D eigenvalue weighted by molar-refractivity contribution is 7.13. The Labute approximate surface area is 170 Å². The molecule has 1 aliphatic heterocycles. The lowest BCUT2D eigenvalue weighted by atomic mass is 10.0. The molecule has 1 amide bonds. The number of aromatic nitrogens is 2. The molecule has 0 atom stereocenters. The number of piperidine rings is 1. The molecule has 1 aromatic carbocycles. The number of nitrogens with one attached hydrogen (secondary N) is 2. The van der Waals surface area contributed by atoms with E-state index in [0.717, 1.165) is 10.6 Å². The molecule has 152 valence electrons. The van der Waals surface area contributed by atoms with Crippen LogP contribution in [-0.2, 0) is 6.54 Å². The molecule has 1 aliphatic rings. The number of hydrogen-bond donors (Lipinski definition) is 3. The van der Waals surface area contributed by atoms with Crippen LogP contribution < -0.4 is 10.2 Å². The maximum atomic E-state index is 13.8. The van der Waals surface area contributed by atoms with Crippen molar-refractivity contribution in [3.05, 3.63) is 53.0 Å². The van der Waals surface area contributed by atoms with Crippen LogP contribution >= 0.6 is 11.3 Å². The topological polar surface area (TPSA) is 81.2 Å². The molecule has 1 saturated heterocycles. The minimum atomic E-state index is -2.79. The number of aromatic amines is 1. The van der Waals surface area contributed by atoms with E-state index in [1.165, 1.54) is 23.1 Å². The maximum absolute atomic E-state index is 13.8. The number of aromatic hydroxyl groups is 1. The Morgan fingerprint density at radius 1 is 1.34 bits per heavy atom. The van der Waals surface area contributed by atoms with Crippen LogP contribution in [-0.4, -0.2) is 40.2 Å². The summed E-state index contributed by atoms with van der Waals surface area (Å²) in [7, 11) is 0. The third kappa shape index (κ3) is 4.40. The van der Waals surface area contributed by atoms with E-state index in [-0.39, 0.29) is 24.3 Å². The van der Waals surface area contributed by atoms with Gasteiger partial charge in [-0.3, -0.25) is 9.89 Å². The Balaban J connectivity index is 1.49.